The van der Waals surface area contributed by atoms with Crippen LogP contribution in [0.15, 0.2) is 42.6 Å². The van der Waals surface area contributed by atoms with Crippen molar-refractivity contribution in [1.82, 2.24) is 9.97 Å². The van der Waals surface area contributed by atoms with Gasteiger partial charge in [0, 0.05) is 29.2 Å². The summed E-state index contributed by atoms with van der Waals surface area (Å²) in [5.41, 5.74) is 9.86. The van der Waals surface area contributed by atoms with Gasteiger partial charge in [-0.3, -0.25) is 4.79 Å². The molecule has 1 unspecified atom stereocenters. The SMILES string of the molecule is CC(N)C1CCC(C(=O)Nc2ccnc3[nH]c(-c4cccc(C#N)c4)cc23)CC1. The molecule has 1 aliphatic carbocycles. The number of carbonyl (C=O) groups is 1. The second-order valence-corrected chi connectivity index (χ2v) is 7.96. The molecule has 0 saturated heterocycles. The summed E-state index contributed by atoms with van der Waals surface area (Å²) in [5, 5.41) is 13.1. The maximum Gasteiger partial charge on any atom is 0.227 e. The number of aromatic amines is 1. The van der Waals surface area contributed by atoms with Gasteiger partial charge in [0.25, 0.3) is 0 Å². The van der Waals surface area contributed by atoms with E-state index < -0.39 is 0 Å². The van der Waals surface area contributed by atoms with E-state index in [0.29, 0.717) is 17.1 Å². The standard InChI is InChI=1S/C23H25N5O/c1-14(25)16-5-7-17(8-6-16)23(29)28-20-9-10-26-22-19(20)12-21(27-22)18-4-2-3-15(11-18)13-24/h2-4,9-12,14,16-17H,5-8,25H2,1H3,(H2,26,27,28,29). The van der Waals surface area contributed by atoms with Crippen LogP contribution in [0.4, 0.5) is 5.69 Å². The fourth-order valence-corrected chi connectivity index (χ4v) is 4.19. The second-order valence-electron chi connectivity index (χ2n) is 7.96. The van der Waals surface area contributed by atoms with E-state index in [1.54, 1.807) is 12.3 Å². The summed E-state index contributed by atoms with van der Waals surface area (Å²) in [6.07, 6.45) is 5.46. The summed E-state index contributed by atoms with van der Waals surface area (Å²) in [5.74, 6) is 0.608. The van der Waals surface area contributed by atoms with Gasteiger partial charge in [-0.2, -0.15) is 5.26 Å². The number of anilines is 1. The van der Waals surface area contributed by atoms with Crippen molar-refractivity contribution in [2.45, 2.75) is 38.6 Å². The number of hydrogen-bond donors (Lipinski definition) is 3. The number of nitriles is 1. The van der Waals surface area contributed by atoms with Crippen LogP contribution in [0.2, 0.25) is 0 Å². The lowest BCUT2D eigenvalue weighted by Gasteiger charge is -2.30. The Morgan fingerprint density at radius 1 is 1.28 bits per heavy atom. The van der Waals surface area contributed by atoms with Gasteiger partial charge in [0.15, 0.2) is 0 Å². The first-order valence-corrected chi connectivity index (χ1v) is 10.1. The van der Waals surface area contributed by atoms with Crippen LogP contribution < -0.4 is 11.1 Å². The number of amides is 1. The number of aromatic nitrogens is 2. The molecule has 0 radical (unpaired) electrons. The zero-order valence-corrected chi connectivity index (χ0v) is 16.5. The van der Waals surface area contributed by atoms with Crippen LogP contribution in [0, 0.1) is 23.2 Å². The number of hydrogen-bond acceptors (Lipinski definition) is 4. The molecule has 2 aromatic heterocycles. The lowest BCUT2D eigenvalue weighted by Crippen LogP contribution is -2.33. The fraction of sp³-hybridized carbons (Fsp3) is 0.348. The third-order valence-electron chi connectivity index (χ3n) is 5.98. The van der Waals surface area contributed by atoms with Crippen LogP contribution in [0.1, 0.15) is 38.2 Å². The number of carbonyl (C=O) groups excluding carboxylic acids is 1. The Bertz CT molecular complexity index is 1070. The van der Waals surface area contributed by atoms with Crippen molar-refractivity contribution in [3.05, 3.63) is 48.2 Å². The molecule has 6 heteroatoms. The second kappa shape index (κ2) is 8.06. The number of nitrogens with two attached hydrogens (primary N) is 1. The van der Waals surface area contributed by atoms with Crippen molar-refractivity contribution >= 4 is 22.6 Å². The molecule has 0 aliphatic heterocycles. The van der Waals surface area contributed by atoms with Crippen LogP contribution in [0.25, 0.3) is 22.3 Å². The van der Waals surface area contributed by atoms with E-state index >= 15 is 0 Å². The highest BCUT2D eigenvalue weighted by Gasteiger charge is 2.28. The number of nitrogens with one attached hydrogen (secondary N) is 2. The molecule has 29 heavy (non-hydrogen) atoms. The Morgan fingerprint density at radius 2 is 2.07 bits per heavy atom. The van der Waals surface area contributed by atoms with Gasteiger partial charge in [-0.25, -0.2) is 4.98 Å². The Morgan fingerprint density at radius 3 is 2.79 bits per heavy atom. The Balaban J connectivity index is 1.55. The van der Waals surface area contributed by atoms with Crippen LogP contribution in [0.5, 0.6) is 0 Å². The predicted molar refractivity (Wildman–Crippen MR) is 114 cm³/mol. The molecule has 0 spiro atoms. The van der Waals surface area contributed by atoms with Gasteiger partial charge in [-0.1, -0.05) is 12.1 Å². The maximum atomic E-state index is 12.8. The van der Waals surface area contributed by atoms with Gasteiger partial charge < -0.3 is 16.0 Å². The summed E-state index contributed by atoms with van der Waals surface area (Å²) in [6.45, 7) is 2.05. The van der Waals surface area contributed by atoms with E-state index in [-0.39, 0.29) is 17.9 Å². The van der Waals surface area contributed by atoms with E-state index in [9.17, 15) is 4.79 Å². The number of pyridine rings is 1. The third kappa shape index (κ3) is 4.01. The fourth-order valence-electron chi connectivity index (χ4n) is 4.19. The molecule has 1 fully saturated rings. The minimum Gasteiger partial charge on any atom is -0.339 e. The van der Waals surface area contributed by atoms with Gasteiger partial charge in [0.1, 0.15) is 5.65 Å². The first kappa shape index (κ1) is 19.2. The molecule has 1 saturated carbocycles. The molecular formula is C23H25N5O. The molecular weight excluding hydrogens is 362 g/mol. The highest BCUT2D eigenvalue weighted by molar-refractivity contribution is 6.02. The molecule has 1 aromatic carbocycles. The maximum absolute atomic E-state index is 12.8. The normalized spacial score (nSPS) is 20.2. The quantitative estimate of drug-likeness (QED) is 0.623. The molecule has 1 amide bonds. The van der Waals surface area contributed by atoms with Crippen LogP contribution in [0.3, 0.4) is 0 Å². The molecule has 3 aromatic rings. The average molecular weight is 387 g/mol. The Kier molecular flexibility index (Phi) is 5.32. The summed E-state index contributed by atoms with van der Waals surface area (Å²) in [7, 11) is 0. The summed E-state index contributed by atoms with van der Waals surface area (Å²) < 4.78 is 0. The smallest absolute Gasteiger partial charge is 0.227 e. The summed E-state index contributed by atoms with van der Waals surface area (Å²) in [4.78, 5) is 20.5. The number of fused-ring (bicyclic) bond motifs is 1. The first-order chi connectivity index (χ1) is 14.0. The minimum absolute atomic E-state index is 0.0268. The lowest BCUT2D eigenvalue weighted by atomic mass is 9.79. The van der Waals surface area contributed by atoms with E-state index in [1.807, 2.05) is 30.3 Å². The number of H-pyrrole nitrogens is 1. The zero-order valence-electron chi connectivity index (χ0n) is 16.5. The monoisotopic (exact) mass is 387 g/mol. The molecule has 1 atom stereocenters. The van der Waals surface area contributed by atoms with Crippen molar-refractivity contribution in [3.8, 4) is 17.3 Å². The van der Waals surface area contributed by atoms with Crippen molar-refractivity contribution in [2.24, 2.45) is 17.6 Å². The Labute approximate surface area is 170 Å². The summed E-state index contributed by atoms with van der Waals surface area (Å²) in [6, 6.07) is 13.6. The first-order valence-electron chi connectivity index (χ1n) is 10.1. The van der Waals surface area contributed by atoms with Gasteiger partial charge in [0.2, 0.25) is 5.91 Å². The molecule has 0 bridgehead atoms. The van der Waals surface area contributed by atoms with E-state index in [1.165, 1.54) is 0 Å². The van der Waals surface area contributed by atoms with E-state index in [0.717, 1.165) is 48.0 Å². The van der Waals surface area contributed by atoms with E-state index in [4.69, 9.17) is 11.0 Å². The highest BCUT2D eigenvalue weighted by Crippen LogP contribution is 2.33. The van der Waals surface area contributed by atoms with Gasteiger partial charge in [-0.05, 0) is 68.4 Å². The van der Waals surface area contributed by atoms with Crippen LogP contribution >= 0.6 is 0 Å². The molecule has 4 rings (SSSR count). The highest BCUT2D eigenvalue weighted by atomic mass is 16.1. The summed E-state index contributed by atoms with van der Waals surface area (Å²) >= 11 is 0. The number of nitrogens with zero attached hydrogens (tertiary/aromatic N) is 2. The van der Waals surface area contributed by atoms with Crippen LogP contribution in [-0.4, -0.2) is 21.9 Å². The van der Waals surface area contributed by atoms with Crippen molar-refractivity contribution in [3.63, 3.8) is 0 Å². The van der Waals surface area contributed by atoms with Crippen molar-refractivity contribution < 1.29 is 4.79 Å². The van der Waals surface area contributed by atoms with Gasteiger partial charge in [0.05, 0.1) is 17.3 Å². The molecule has 2 heterocycles. The van der Waals surface area contributed by atoms with Crippen LogP contribution in [-0.2, 0) is 4.79 Å². The number of rotatable bonds is 4. The minimum atomic E-state index is 0.0268. The topological polar surface area (TPSA) is 108 Å². The van der Waals surface area contributed by atoms with E-state index in [2.05, 4.69) is 28.3 Å². The molecule has 6 nitrogen and oxygen atoms in total. The largest absolute Gasteiger partial charge is 0.339 e. The third-order valence-corrected chi connectivity index (χ3v) is 5.98. The average Bonchev–Trinajstić information content (AvgIpc) is 3.19. The van der Waals surface area contributed by atoms with Crippen molar-refractivity contribution in [1.29, 1.82) is 5.26 Å². The molecule has 148 valence electrons. The molecule has 1 aliphatic rings. The molecule has 4 N–H and O–H groups in total. The van der Waals surface area contributed by atoms with Crippen molar-refractivity contribution in [2.75, 3.05) is 5.32 Å². The lowest BCUT2D eigenvalue weighted by molar-refractivity contribution is -0.121. The van der Waals surface area contributed by atoms with Gasteiger partial charge in [-0.15, -0.1) is 0 Å². The number of benzene rings is 1. The Hall–Kier alpha value is -3.17. The van der Waals surface area contributed by atoms with Gasteiger partial charge >= 0.3 is 0 Å². The zero-order chi connectivity index (χ0) is 20.4. The predicted octanol–water partition coefficient (Wildman–Crippen LogP) is 4.19.